The van der Waals surface area contributed by atoms with Crippen molar-refractivity contribution in [2.75, 3.05) is 18.4 Å². The average Bonchev–Trinajstić information content (AvgIpc) is 3.52. The van der Waals surface area contributed by atoms with Crippen molar-refractivity contribution in [3.63, 3.8) is 0 Å². The average molecular weight is 470 g/mol. The Morgan fingerprint density at radius 2 is 1.83 bits per heavy atom. The Balaban J connectivity index is 1.17. The summed E-state index contributed by atoms with van der Waals surface area (Å²) in [4.78, 5) is 39.0. The van der Waals surface area contributed by atoms with E-state index >= 15 is 0 Å². The molecule has 0 unspecified atom stereocenters. The number of pyridine rings is 2. The minimum Gasteiger partial charge on any atom is -0.334 e. The molecule has 35 heavy (non-hydrogen) atoms. The van der Waals surface area contributed by atoms with E-state index in [-0.39, 0.29) is 17.9 Å². The topological polar surface area (TPSA) is 78.4 Å². The van der Waals surface area contributed by atoms with Crippen molar-refractivity contribution in [3.8, 4) is 0 Å². The van der Waals surface area contributed by atoms with Gasteiger partial charge in [0.25, 0.3) is 5.91 Å². The van der Waals surface area contributed by atoms with Crippen molar-refractivity contribution >= 4 is 17.6 Å². The highest BCUT2D eigenvalue weighted by Crippen LogP contribution is 2.32. The number of fused-ring (bicyclic) bond motifs is 1. The summed E-state index contributed by atoms with van der Waals surface area (Å²) in [7, 11) is 0. The van der Waals surface area contributed by atoms with Gasteiger partial charge >= 0.3 is 0 Å². The van der Waals surface area contributed by atoms with E-state index in [1.807, 2.05) is 30.0 Å². The number of rotatable bonds is 7. The van der Waals surface area contributed by atoms with E-state index in [1.54, 1.807) is 18.3 Å². The molecule has 1 saturated heterocycles. The van der Waals surface area contributed by atoms with Crippen molar-refractivity contribution < 1.29 is 9.59 Å². The Hall–Kier alpha value is -3.58. The smallest absolute Gasteiger partial charge is 0.275 e. The van der Waals surface area contributed by atoms with Gasteiger partial charge in [0.1, 0.15) is 11.5 Å². The number of aromatic nitrogens is 2. The predicted molar refractivity (Wildman–Crippen MR) is 135 cm³/mol. The molecule has 1 fully saturated rings. The van der Waals surface area contributed by atoms with E-state index in [2.05, 4.69) is 44.5 Å². The summed E-state index contributed by atoms with van der Waals surface area (Å²) < 4.78 is 0. The Morgan fingerprint density at radius 1 is 1.03 bits per heavy atom. The van der Waals surface area contributed by atoms with Crippen LogP contribution < -0.4 is 5.32 Å². The molecule has 3 aromatic rings. The number of aryl methyl sites for hydroxylation is 1. The molecule has 7 heteroatoms. The van der Waals surface area contributed by atoms with Gasteiger partial charge in [-0.2, -0.15) is 0 Å². The summed E-state index contributed by atoms with van der Waals surface area (Å²) in [6.07, 6.45) is 4.90. The maximum atomic E-state index is 13.1. The zero-order chi connectivity index (χ0) is 24.2. The van der Waals surface area contributed by atoms with E-state index in [9.17, 15) is 9.59 Å². The molecule has 0 aliphatic carbocycles. The molecule has 0 bridgehead atoms. The summed E-state index contributed by atoms with van der Waals surface area (Å²) in [5.41, 5.74) is 4.92. The quantitative estimate of drug-likeness (QED) is 0.551. The number of nitrogens with one attached hydrogen (secondary N) is 1. The van der Waals surface area contributed by atoms with Gasteiger partial charge in [0.2, 0.25) is 5.91 Å². The number of hydrogen-bond acceptors (Lipinski definition) is 5. The zero-order valence-electron chi connectivity index (χ0n) is 20.1. The molecule has 1 aromatic carbocycles. The predicted octanol–water partition coefficient (Wildman–Crippen LogP) is 4.50. The third-order valence-corrected chi connectivity index (χ3v) is 6.84. The van der Waals surface area contributed by atoms with Crippen LogP contribution in [-0.2, 0) is 17.9 Å². The molecule has 0 radical (unpaired) electrons. The molecular weight excluding hydrogens is 438 g/mol. The third kappa shape index (κ3) is 5.41. The second-order valence-electron chi connectivity index (χ2n) is 9.45. The second-order valence-corrected chi connectivity index (χ2v) is 9.45. The van der Waals surface area contributed by atoms with Crippen molar-refractivity contribution in [3.05, 3.63) is 88.9 Å². The lowest BCUT2D eigenvalue weighted by molar-refractivity contribution is -0.132. The highest BCUT2D eigenvalue weighted by molar-refractivity contribution is 6.02. The number of nitrogens with zero attached hydrogens (tertiary/aromatic N) is 4. The molecule has 0 saturated carbocycles. The van der Waals surface area contributed by atoms with E-state index in [4.69, 9.17) is 0 Å². The normalized spacial score (nSPS) is 17.4. The molecule has 2 aliphatic heterocycles. The monoisotopic (exact) mass is 469 g/mol. The van der Waals surface area contributed by atoms with Gasteiger partial charge in [-0.05, 0) is 67.6 Å². The first kappa shape index (κ1) is 23.2. The Kier molecular flexibility index (Phi) is 6.86. The van der Waals surface area contributed by atoms with Crippen LogP contribution in [0.5, 0.6) is 0 Å². The molecule has 2 aliphatic rings. The Morgan fingerprint density at radius 3 is 2.57 bits per heavy atom. The Bertz CT molecular complexity index is 1180. The molecule has 4 heterocycles. The number of hydrogen-bond donors (Lipinski definition) is 1. The molecule has 0 spiro atoms. The molecule has 7 nitrogen and oxygen atoms in total. The summed E-state index contributed by atoms with van der Waals surface area (Å²) >= 11 is 0. The van der Waals surface area contributed by atoms with Crippen molar-refractivity contribution in [2.45, 2.75) is 51.7 Å². The molecule has 2 aromatic heterocycles. The lowest BCUT2D eigenvalue weighted by atomic mass is 10.1. The second kappa shape index (κ2) is 10.4. The van der Waals surface area contributed by atoms with Crippen LogP contribution in [0.1, 0.15) is 64.6 Å². The fraction of sp³-hybridized carbons (Fsp3) is 0.357. The summed E-state index contributed by atoms with van der Waals surface area (Å²) in [5, 5.41) is 2.80. The largest absolute Gasteiger partial charge is 0.334 e. The minimum atomic E-state index is -0.300. The lowest BCUT2D eigenvalue weighted by Gasteiger charge is -2.25. The van der Waals surface area contributed by atoms with Gasteiger partial charge in [-0.15, -0.1) is 0 Å². The van der Waals surface area contributed by atoms with Crippen LogP contribution in [0, 0.1) is 6.92 Å². The number of carbonyl (C=O) groups is 2. The maximum absolute atomic E-state index is 13.1. The van der Waals surface area contributed by atoms with Gasteiger partial charge in [-0.1, -0.05) is 36.4 Å². The highest BCUT2D eigenvalue weighted by atomic mass is 16.2. The van der Waals surface area contributed by atoms with E-state index in [0.717, 1.165) is 56.7 Å². The first-order valence-electron chi connectivity index (χ1n) is 12.4. The molecule has 5 rings (SSSR count). The molecule has 180 valence electrons. The number of benzene rings is 1. The van der Waals surface area contributed by atoms with Gasteiger partial charge in [-0.3, -0.25) is 14.5 Å². The van der Waals surface area contributed by atoms with Crippen LogP contribution in [0.3, 0.4) is 0 Å². The van der Waals surface area contributed by atoms with Gasteiger partial charge in [0.15, 0.2) is 0 Å². The molecular formula is C28H31N5O2. The maximum Gasteiger partial charge on any atom is 0.275 e. The van der Waals surface area contributed by atoms with Crippen molar-refractivity contribution in [1.82, 2.24) is 19.8 Å². The lowest BCUT2D eigenvalue weighted by Crippen LogP contribution is -2.32. The van der Waals surface area contributed by atoms with Gasteiger partial charge < -0.3 is 10.2 Å². The van der Waals surface area contributed by atoms with Crippen molar-refractivity contribution in [2.24, 2.45) is 0 Å². The van der Waals surface area contributed by atoms with Crippen LogP contribution >= 0.6 is 0 Å². The highest BCUT2D eigenvalue weighted by Gasteiger charge is 2.31. The standard InChI is InChI=1S/C28H31N5O2/c1-20-13-14-26(29-17-20)31-28(35)24-10-4-9-23(30-24)25-11-5-16-33(25)27(34)12-6-15-32-18-21-7-2-3-8-22(21)19-32/h2-4,7-10,13-14,17,25H,5-6,11-12,15-16,18-19H2,1H3,(H,29,31,35)/t25-/m0/s1. The van der Waals surface area contributed by atoms with Gasteiger partial charge in [0, 0.05) is 32.3 Å². The number of carbonyl (C=O) groups excluding carboxylic acids is 2. The molecule has 1 N–H and O–H groups in total. The van der Waals surface area contributed by atoms with E-state index in [1.165, 1.54) is 11.1 Å². The van der Waals surface area contributed by atoms with Gasteiger partial charge in [0.05, 0.1) is 11.7 Å². The van der Waals surface area contributed by atoms with Crippen LogP contribution in [0.2, 0.25) is 0 Å². The summed E-state index contributed by atoms with van der Waals surface area (Å²) in [6.45, 7) is 5.54. The van der Waals surface area contributed by atoms with Crippen LogP contribution in [0.25, 0.3) is 0 Å². The fourth-order valence-electron chi connectivity index (χ4n) is 5.02. The zero-order valence-corrected chi connectivity index (χ0v) is 20.1. The SMILES string of the molecule is Cc1ccc(NC(=O)c2cccc([C@@H]3CCCN3C(=O)CCCN3Cc4ccccc4C3)n2)nc1. The minimum absolute atomic E-state index is 0.0798. The first-order valence-corrected chi connectivity index (χ1v) is 12.4. The van der Waals surface area contributed by atoms with Crippen LogP contribution in [0.15, 0.2) is 60.8 Å². The number of amides is 2. The number of likely N-dealkylation sites (tertiary alicyclic amines) is 1. The van der Waals surface area contributed by atoms with E-state index in [0.29, 0.717) is 17.9 Å². The molecule has 2 amide bonds. The third-order valence-electron chi connectivity index (χ3n) is 6.84. The summed E-state index contributed by atoms with van der Waals surface area (Å²) in [6, 6.07) is 17.6. The summed E-state index contributed by atoms with van der Waals surface area (Å²) in [5.74, 6) is 0.363. The first-order chi connectivity index (χ1) is 17.1. The van der Waals surface area contributed by atoms with Crippen LogP contribution in [-0.4, -0.2) is 44.7 Å². The number of anilines is 1. The fourth-order valence-corrected chi connectivity index (χ4v) is 5.02. The van der Waals surface area contributed by atoms with Crippen molar-refractivity contribution in [1.29, 1.82) is 0 Å². The molecule has 1 atom stereocenters. The Labute approximate surface area is 206 Å². The van der Waals surface area contributed by atoms with Gasteiger partial charge in [-0.25, -0.2) is 9.97 Å². The van der Waals surface area contributed by atoms with E-state index < -0.39 is 0 Å². The van der Waals surface area contributed by atoms with Crippen LogP contribution in [0.4, 0.5) is 5.82 Å².